The fourth-order valence-electron chi connectivity index (χ4n) is 4.42. The van der Waals surface area contributed by atoms with Gasteiger partial charge >= 0.3 is 5.97 Å². The number of esters is 1. The monoisotopic (exact) mass is 400 g/mol. The van der Waals surface area contributed by atoms with Crippen LogP contribution in [0.1, 0.15) is 41.5 Å². The maximum absolute atomic E-state index is 12.9. The first-order valence-electron chi connectivity index (χ1n) is 10.5. The van der Waals surface area contributed by atoms with Crippen LogP contribution >= 0.6 is 0 Å². The molecule has 0 aliphatic heterocycles. The summed E-state index contributed by atoms with van der Waals surface area (Å²) in [5.41, 5.74) is 7.93. The Labute approximate surface area is 177 Å². The van der Waals surface area contributed by atoms with Crippen LogP contribution in [-0.4, -0.2) is 22.6 Å². The summed E-state index contributed by atoms with van der Waals surface area (Å²) in [7, 11) is 1.46. The summed E-state index contributed by atoms with van der Waals surface area (Å²) in [5.74, 6) is -0.287. The van der Waals surface area contributed by atoms with Gasteiger partial charge in [-0.3, -0.25) is 0 Å². The molecule has 0 radical (unpaired) electrons. The highest BCUT2D eigenvalue weighted by atomic mass is 16.5. The van der Waals surface area contributed by atoms with Crippen LogP contribution < -0.4 is 0 Å². The molecule has 0 bridgehead atoms. The maximum Gasteiger partial charge on any atom is 0.340 e. The van der Waals surface area contributed by atoms with Gasteiger partial charge in [-0.15, -0.1) is 0 Å². The minimum atomic E-state index is -0.287. The van der Waals surface area contributed by atoms with E-state index in [2.05, 4.69) is 47.7 Å². The van der Waals surface area contributed by atoms with Gasteiger partial charge in [0.1, 0.15) is 0 Å². The third-order valence-electron chi connectivity index (χ3n) is 5.93. The molecule has 0 atom stereocenters. The first kappa shape index (κ1) is 20.0. The molecule has 2 aromatic heterocycles. The predicted octanol–water partition coefficient (Wildman–Crippen LogP) is 6.51. The molecule has 0 amide bonds. The number of nitrogens with zero attached hydrogens (tertiary/aromatic N) is 1. The number of hydrogen-bond acceptors (Lipinski definition) is 2. The second-order valence-electron chi connectivity index (χ2n) is 7.70. The van der Waals surface area contributed by atoms with Gasteiger partial charge in [0.25, 0.3) is 0 Å². The number of methoxy groups -OCH3 is 1. The largest absolute Gasteiger partial charge is 0.465 e. The molecule has 154 valence electrons. The van der Waals surface area contributed by atoms with Gasteiger partial charge in [0, 0.05) is 40.0 Å². The predicted molar refractivity (Wildman–Crippen MR) is 123 cm³/mol. The van der Waals surface area contributed by atoms with E-state index >= 15 is 0 Å². The number of aromatic amines is 1. The van der Waals surface area contributed by atoms with Crippen molar-refractivity contribution in [3.8, 4) is 22.4 Å². The van der Waals surface area contributed by atoms with Crippen molar-refractivity contribution in [1.29, 1.82) is 0 Å². The Balaban J connectivity index is 2.09. The van der Waals surface area contributed by atoms with Crippen LogP contribution in [0.25, 0.3) is 33.3 Å². The first-order chi connectivity index (χ1) is 14.6. The lowest BCUT2D eigenvalue weighted by Gasteiger charge is -2.10. The van der Waals surface area contributed by atoms with E-state index in [4.69, 9.17) is 4.74 Å². The SMILES string of the molecule is CCCCn1c(C)c(C(=O)OC)c(-c2c(-c3ccccc3)[nH]c3ccccc23)c1C. The van der Waals surface area contributed by atoms with E-state index in [1.54, 1.807) is 0 Å². The van der Waals surface area contributed by atoms with E-state index in [1.165, 1.54) is 7.11 Å². The van der Waals surface area contributed by atoms with Crippen molar-refractivity contribution in [1.82, 2.24) is 9.55 Å². The zero-order valence-corrected chi connectivity index (χ0v) is 18.1. The minimum absolute atomic E-state index is 0.287. The van der Waals surface area contributed by atoms with Crippen LogP contribution in [0.4, 0.5) is 0 Å². The van der Waals surface area contributed by atoms with Crippen molar-refractivity contribution in [2.75, 3.05) is 7.11 Å². The quantitative estimate of drug-likeness (QED) is 0.375. The third-order valence-corrected chi connectivity index (χ3v) is 5.93. The van der Waals surface area contributed by atoms with Gasteiger partial charge in [-0.25, -0.2) is 4.79 Å². The van der Waals surface area contributed by atoms with Crippen molar-refractivity contribution in [3.63, 3.8) is 0 Å². The van der Waals surface area contributed by atoms with Crippen LogP contribution in [0.3, 0.4) is 0 Å². The Morgan fingerprint density at radius 3 is 2.37 bits per heavy atom. The van der Waals surface area contributed by atoms with E-state index in [9.17, 15) is 4.79 Å². The summed E-state index contributed by atoms with van der Waals surface area (Å²) >= 11 is 0. The van der Waals surface area contributed by atoms with E-state index in [-0.39, 0.29) is 5.97 Å². The fourth-order valence-corrected chi connectivity index (χ4v) is 4.42. The molecule has 0 unspecified atom stereocenters. The normalized spacial score (nSPS) is 11.2. The second-order valence-corrected chi connectivity index (χ2v) is 7.70. The molecule has 0 aliphatic carbocycles. The lowest BCUT2D eigenvalue weighted by molar-refractivity contribution is 0.0600. The summed E-state index contributed by atoms with van der Waals surface area (Å²) in [6, 6.07) is 18.6. The highest BCUT2D eigenvalue weighted by molar-refractivity contribution is 6.10. The number of ether oxygens (including phenoxy) is 1. The second kappa shape index (κ2) is 8.23. The standard InChI is InChI=1S/C26H28N2O2/c1-5-6-16-28-17(2)22(23(18(28)3)26(29)30-4)24-20-14-10-11-15-21(20)27-25(24)19-12-8-7-9-13-19/h7-15,27H,5-6,16H2,1-4H3. The smallest absolute Gasteiger partial charge is 0.340 e. The van der Waals surface area contributed by atoms with Crippen LogP contribution in [0.15, 0.2) is 54.6 Å². The van der Waals surface area contributed by atoms with E-state index < -0.39 is 0 Å². The van der Waals surface area contributed by atoms with Crippen LogP contribution in [0.2, 0.25) is 0 Å². The highest BCUT2D eigenvalue weighted by Crippen LogP contribution is 2.43. The Morgan fingerprint density at radius 2 is 1.67 bits per heavy atom. The number of hydrogen-bond donors (Lipinski definition) is 1. The highest BCUT2D eigenvalue weighted by Gasteiger charge is 2.28. The number of carbonyl (C=O) groups is 1. The van der Waals surface area contributed by atoms with E-state index in [1.807, 2.05) is 37.3 Å². The Morgan fingerprint density at radius 1 is 0.967 bits per heavy atom. The summed E-state index contributed by atoms with van der Waals surface area (Å²) in [6.45, 7) is 7.21. The van der Waals surface area contributed by atoms with Crippen LogP contribution in [0.5, 0.6) is 0 Å². The molecule has 0 aliphatic rings. The number of fused-ring (bicyclic) bond motifs is 1. The van der Waals surface area contributed by atoms with Gasteiger partial charge in [-0.2, -0.15) is 0 Å². The zero-order chi connectivity index (χ0) is 21.3. The van der Waals surface area contributed by atoms with Crippen LogP contribution in [0, 0.1) is 13.8 Å². The number of aromatic nitrogens is 2. The fraction of sp³-hybridized carbons (Fsp3) is 0.269. The first-order valence-corrected chi connectivity index (χ1v) is 10.5. The molecule has 30 heavy (non-hydrogen) atoms. The topological polar surface area (TPSA) is 47.0 Å². The third kappa shape index (κ3) is 3.22. The van der Waals surface area contributed by atoms with Gasteiger partial charge in [0.2, 0.25) is 0 Å². The van der Waals surface area contributed by atoms with Crippen molar-refractivity contribution >= 4 is 16.9 Å². The minimum Gasteiger partial charge on any atom is -0.465 e. The summed E-state index contributed by atoms with van der Waals surface area (Å²) in [5, 5.41) is 1.11. The maximum atomic E-state index is 12.9. The molecule has 0 saturated heterocycles. The molecule has 2 aromatic carbocycles. The molecule has 4 rings (SSSR count). The summed E-state index contributed by atoms with van der Waals surface area (Å²) in [6.07, 6.45) is 2.16. The molecule has 4 aromatic rings. The number of unbranched alkanes of at least 4 members (excludes halogenated alkanes) is 1. The Bertz CT molecular complexity index is 1200. The molecule has 4 nitrogen and oxygen atoms in total. The van der Waals surface area contributed by atoms with Crippen molar-refractivity contribution in [2.24, 2.45) is 0 Å². The van der Waals surface area contributed by atoms with E-state index in [0.717, 1.165) is 64.1 Å². The molecule has 1 N–H and O–H groups in total. The van der Waals surface area contributed by atoms with Gasteiger partial charge in [-0.05, 0) is 31.9 Å². The number of rotatable bonds is 6. The van der Waals surface area contributed by atoms with Crippen molar-refractivity contribution in [2.45, 2.75) is 40.2 Å². The number of carbonyl (C=O) groups excluding carboxylic acids is 1. The van der Waals surface area contributed by atoms with Crippen LogP contribution in [-0.2, 0) is 11.3 Å². The zero-order valence-electron chi connectivity index (χ0n) is 18.1. The Hall–Kier alpha value is -3.27. The molecule has 4 heteroatoms. The molecule has 0 fully saturated rings. The summed E-state index contributed by atoms with van der Waals surface area (Å²) in [4.78, 5) is 16.5. The van der Waals surface area contributed by atoms with E-state index in [0.29, 0.717) is 5.56 Å². The number of H-pyrrole nitrogens is 1. The van der Waals surface area contributed by atoms with Gasteiger partial charge < -0.3 is 14.3 Å². The number of nitrogens with one attached hydrogen (secondary N) is 1. The molecule has 0 saturated carbocycles. The summed E-state index contributed by atoms with van der Waals surface area (Å²) < 4.78 is 7.49. The Kier molecular flexibility index (Phi) is 5.49. The number of para-hydroxylation sites is 1. The molecule has 0 spiro atoms. The van der Waals surface area contributed by atoms with Gasteiger partial charge in [-0.1, -0.05) is 61.9 Å². The van der Waals surface area contributed by atoms with Crippen molar-refractivity contribution in [3.05, 3.63) is 71.5 Å². The van der Waals surface area contributed by atoms with Crippen molar-refractivity contribution < 1.29 is 9.53 Å². The molecule has 2 heterocycles. The average Bonchev–Trinajstić information content (AvgIpc) is 3.27. The average molecular weight is 401 g/mol. The number of benzene rings is 2. The van der Waals surface area contributed by atoms with Gasteiger partial charge in [0.15, 0.2) is 0 Å². The molecular formula is C26H28N2O2. The lowest BCUT2D eigenvalue weighted by atomic mass is 9.95. The van der Waals surface area contributed by atoms with Gasteiger partial charge in [0.05, 0.1) is 18.4 Å². The molecular weight excluding hydrogens is 372 g/mol. The lowest BCUT2D eigenvalue weighted by Crippen LogP contribution is -2.06.